The van der Waals surface area contributed by atoms with E-state index in [0.29, 0.717) is 18.0 Å². The summed E-state index contributed by atoms with van der Waals surface area (Å²) in [5, 5.41) is 0. The highest BCUT2D eigenvalue weighted by Crippen LogP contribution is 2.23. The third-order valence-corrected chi connectivity index (χ3v) is 5.57. The maximum absolute atomic E-state index is 12.2. The lowest BCUT2D eigenvalue weighted by Crippen LogP contribution is -2.28. The largest absolute Gasteiger partial charge is 0.295 e. The molecule has 0 aromatic heterocycles. The van der Waals surface area contributed by atoms with Crippen molar-refractivity contribution >= 4 is 27.6 Å². The predicted octanol–water partition coefficient (Wildman–Crippen LogP) is 1.58. The molecule has 1 saturated heterocycles. The number of carbonyl (C=O) groups is 1. The molecule has 0 bridgehead atoms. The number of sulfonamides is 1. The van der Waals surface area contributed by atoms with Crippen LogP contribution in [0, 0.1) is 0 Å². The zero-order valence-corrected chi connectivity index (χ0v) is 11.1. The fourth-order valence-electron chi connectivity index (χ4n) is 1.61. The van der Waals surface area contributed by atoms with E-state index in [1.807, 2.05) is 0 Å². The van der Waals surface area contributed by atoms with E-state index in [1.165, 1.54) is 23.4 Å². The lowest BCUT2D eigenvalue weighted by molar-refractivity contribution is 0.101. The first-order chi connectivity index (χ1) is 8.01. The van der Waals surface area contributed by atoms with Gasteiger partial charge in [-0.15, -0.1) is 11.8 Å². The number of benzene rings is 1. The van der Waals surface area contributed by atoms with Gasteiger partial charge in [-0.1, -0.05) is 12.1 Å². The summed E-state index contributed by atoms with van der Waals surface area (Å²) in [6.07, 6.45) is 0. The Morgan fingerprint density at radius 2 is 2.18 bits per heavy atom. The van der Waals surface area contributed by atoms with Crippen molar-refractivity contribution in [3.63, 3.8) is 0 Å². The van der Waals surface area contributed by atoms with Gasteiger partial charge in [0.15, 0.2) is 5.78 Å². The number of Topliss-reactive ketones (excluding diaryl/α,β-unsaturated/α-hetero) is 1. The third-order valence-electron chi connectivity index (χ3n) is 2.60. The van der Waals surface area contributed by atoms with E-state index in [2.05, 4.69) is 0 Å². The highest BCUT2D eigenvalue weighted by molar-refractivity contribution is 8.00. The Labute approximate surface area is 105 Å². The van der Waals surface area contributed by atoms with Gasteiger partial charge in [-0.25, -0.2) is 8.42 Å². The highest BCUT2D eigenvalue weighted by atomic mass is 32.2. The quantitative estimate of drug-likeness (QED) is 0.783. The number of hydrogen-bond acceptors (Lipinski definition) is 4. The van der Waals surface area contributed by atoms with Crippen molar-refractivity contribution < 1.29 is 13.2 Å². The van der Waals surface area contributed by atoms with Crippen molar-refractivity contribution in [3.8, 4) is 0 Å². The van der Waals surface area contributed by atoms with Crippen LogP contribution in [-0.4, -0.2) is 36.7 Å². The van der Waals surface area contributed by atoms with E-state index in [0.717, 1.165) is 5.75 Å². The Balaban J connectivity index is 2.39. The van der Waals surface area contributed by atoms with Crippen molar-refractivity contribution in [3.05, 3.63) is 29.8 Å². The minimum Gasteiger partial charge on any atom is -0.295 e. The van der Waals surface area contributed by atoms with Crippen LogP contribution in [0.15, 0.2) is 29.2 Å². The lowest BCUT2D eigenvalue weighted by Gasteiger charge is -2.14. The van der Waals surface area contributed by atoms with E-state index in [4.69, 9.17) is 0 Å². The van der Waals surface area contributed by atoms with Gasteiger partial charge in [0.1, 0.15) is 0 Å². The molecule has 0 spiro atoms. The molecule has 1 heterocycles. The number of carbonyl (C=O) groups excluding carboxylic acids is 1. The molecule has 1 aliphatic rings. The van der Waals surface area contributed by atoms with E-state index < -0.39 is 10.0 Å². The van der Waals surface area contributed by atoms with Crippen molar-refractivity contribution in [1.29, 1.82) is 0 Å². The molecule has 0 amide bonds. The van der Waals surface area contributed by atoms with Crippen LogP contribution in [0.2, 0.25) is 0 Å². The Kier molecular flexibility index (Phi) is 3.56. The first kappa shape index (κ1) is 12.6. The SMILES string of the molecule is CC(=O)c1cccc(S(=O)(=O)N2CCSC2)c1. The molecule has 0 N–H and O–H groups in total. The van der Waals surface area contributed by atoms with E-state index in [1.54, 1.807) is 23.9 Å². The van der Waals surface area contributed by atoms with Crippen molar-refractivity contribution in [1.82, 2.24) is 4.31 Å². The number of thioether (sulfide) groups is 1. The summed E-state index contributed by atoms with van der Waals surface area (Å²) in [6.45, 7) is 1.97. The number of nitrogens with zero attached hydrogens (tertiary/aromatic N) is 1. The molecule has 0 unspecified atom stereocenters. The van der Waals surface area contributed by atoms with Gasteiger partial charge in [0.25, 0.3) is 0 Å². The van der Waals surface area contributed by atoms with Crippen LogP contribution in [-0.2, 0) is 10.0 Å². The van der Waals surface area contributed by atoms with Gasteiger partial charge in [0.2, 0.25) is 10.0 Å². The zero-order chi connectivity index (χ0) is 12.5. The van der Waals surface area contributed by atoms with E-state index in [9.17, 15) is 13.2 Å². The molecule has 0 aliphatic carbocycles. The summed E-state index contributed by atoms with van der Waals surface area (Å²) in [5.41, 5.74) is 0.429. The van der Waals surface area contributed by atoms with Gasteiger partial charge in [0, 0.05) is 17.9 Å². The van der Waals surface area contributed by atoms with Crippen LogP contribution in [0.5, 0.6) is 0 Å². The van der Waals surface area contributed by atoms with E-state index >= 15 is 0 Å². The third kappa shape index (κ3) is 2.53. The van der Waals surface area contributed by atoms with Gasteiger partial charge in [-0.05, 0) is 19.1 Å². The molecule has 4 nitrogen and oxygen atoms in total. The van der Waals surface area contributed by atoms with Gasteiger partial charge in [0.05, 0.1) is 10.8 Å². The summed E-state index contributed by atoms with van der Waals surface area (Å²) < 4.78 is 25.9. The molecule has 1 fully saturated rings. The standard InChI is InChI=1S/C11H13NO3S2/c1-9(13)10-3-2-4-11(7-10)17(14,15)12-5-6-16-8-12/h2-4,7H,5-6,8H2,1H3. The summed E-state index contributed by atoms with van der Waals surface area (Å²) >= 11 is 1.59. The average Bonchev–Trinajstić information content (AvgIpc) is 2.83. The molecular weight excluding hydrogens is 258 g/mol. The van der Waals surface area contributed by atoms with E-state index in [-0.39, 0.29) is 10.7 Å². The second-order valence-corrected chi connectivity index (χ2v) is 6.81. The summed E-state index contributed by atoms with van der Waals surface area (Å²) in [6, 6.07) is 6.21. The van der Waals surface area contributed by atoms with Gasteiger partial charge >= 0.3 is 0 Å². The average molecular weight is 271 g/mol. The minimum absolute atomic E-state index is 0.127. The Bertz CT molecular complexity index is 533. The monoisotopic (exact) mass is 271 g/mol. The summed E-state index contributed by atoms with van der Waals surface area (Å²) in [7, 11) is -3.43. The summed E-state index contributed by atoms with van der Waals surface area (Å²) in [5.74, 6) is 1.19. The molecule has 17 heavy (non-hydrogen) atoms. The Morgan fingerprint density at radius 3 is 2.76 bits per heavy atom. The first-order valence-electron chi connectivity index (χ1n) is 5.21. The Morgan fingerprint density at radius 1 is 1.41 bits per heavy atom. The Hall–Kier alpha value is -0.850. The smallest absolute Gasteiger partial charge is 0.243 e. The topological polar surface area (TPSA) is 54.5 Å². The fraction of sp³-hybridized carbons (Fsp3) is 0.364. The molecule has 1 aromatic carbocycles. The normalized spacial score (nSPS) is 17.2. The molecule has 0 radical (unpaired) electrons. The number of rotatable bonds is 3. The van der Waals surface area contributed by atoms with Crippen molar-refractivity contribution in [2.45, 2.75) is 11.8 Å². The molecule has 0 atom stereocenters. The maximum atomic E-state index is 12.2. The molecule has 1 aromatic rings. The zero-order valence-electron chi connectivity index (χ0n) is 9.42. The van der Waals surface area contributed by atoms with Gasteiger partial charge in [-0.3, -0.25) is 4.79 Å². The lowest BCUT2D eigenvalue weighted by atomic mass is 10.2. The highest BCUT2D eigenvalue weighted by Gasteiger charge is 2.27. The van der Waals surface area contributed by atoms with Crippen molar-refractivity contribution in [2.24, 2.45) is 0 Å². The van der Waals surface area contributed by atoms with Crippen LogP contribution < -0.4 is 0 Å². The predicted molar refractivity (Wildman–Crippen MR) is 67.7 cm³/mol. The van der Waals surface area contributed by atoms with Crippen LogP contribution >= 0.6 is 11.8 Å². The fourth-order valence-corrected chi connectivity index (χ4v) is 4.47. The minimum atomic E-state index is -3.43. The number of ketones is 1. The molecule has 92 valence electrons. The second kappa shape index (κ2) is 4.80. The molecule has 2 rings (SSSR count). The van der Waals surface area contributed by atoms with Crippen molar-refractivity contribution in [2.75, 3.05) is 18.2 Å². The molecular formula is C11H13NO3S2. The molecule has 0 saturated carbocycles. The number of hydrogen-bond donors (Lipinski definition) is 0. The first-order valence-corrected chi connectivity index (χ1v) is 7.80. The van der Waals surface area contributed by atoms with Gasteiger partial charge < -0.3 is 0 Å². The van der Waals surface area contributed by atoms with Gasteiger partial charge in [-0.2, -0.15) is 4.31 Å². The second-order valence-electron chi connectivity index (χ2n) is 3.80. The van der Waals surface area contributed by atoms with Crippen LogP contribution in [0.25, 0.3) is 0 Å². The summed E-state index contributed by atoms with van der Waals surface area (Å²) in [4.78, 5) is 11.4. The molecule has 6 heteroatoms. The molecule has 1 aliphatic heterocycles. The van der Waals surface area contributed by atoms with Crippen LogP contribution in [0.1, 0.15) is 17.3 Å². The van der Waals surface area contributed by atoms with Crippen LogP contribution in [0.4, 0.5) is 0 Å². The maximum Gasteiger partial charge on any atom is 0.243 e. The van der Waals surface area contributed by atoms with Crippen LogP contribution in [0.3, 0.4) is 0 Å².